The number of hydrogen-bond donors (Lipinski definition) is 1. The van der Waals surface area contributed by atoms with E-state index >= 15 is 0 Å². The van der Waals surface area contributed by atoms with E-state index in [1.54, 1.807) is 14.2 Å². The van der Waals surface area contributed by atoms with Gasteiger partial charge in [0.05, 0.1) is 13.7 Å². The summed E-state index contributed by atoms with van der Waals surface area (Å²) in [6, 6.07) is 6.11. The van der Waals surface area contributed by atoms with E-state index in [9.17, 15) is 0 Å². The van der Waals surface area contributed by atoms with Crippen LogP contribution in [0.15, 0.2) is 18.2 Å². The molecule has 0 saturated heterocycles. The molecule has 0 aliphatic heterocycles. The maximum Gasteiger partial charge on any atom is 0.119 e. The van der Waals surface area contributed by atoms with Crippen LogP contribution in [0.1, 0.15) is 11.1 Å². The predicted octanol–water partition coefficient (Wildman–Crippen LogP) is 1.60. The minimum atomic E-state index is 0.656. The molecule has 0 bridgehead atoms. The summed E-state index contributed by atoms with van der Waals surface area (Å²) < 4.78 is 10.4. The van der Waals surface area contributed by atoms with Crippen LogP contribution in [0.2, 0.25) is 0 Å². The van der Waals surface area contributed by atoms with Crippen molar-refractivity contribution in [1.29, 1.82) is 0 Å². The second kappa shape index (κ2) is 6.43. The zero-order valence-electron chi connectivity index (χ0n) is 9.67. The number of rotatable bonds is 6. The Balaban J connectivity index is 2.83. The molecule has 0 radical (unpaired) electrons. The number of nitrogens with one attached hydrogen (secondary N) is 1. The van der Waals surface area contributed by atoms with E-state index in [0.717, 1.165) is 18.7 Å². The van der Waals surface area contributed by atoms with Gasteiger partial charge in [-0.2, -0.15) is 0 Å². The van der Waals surface area contributed by atoms with Crippen LogP contribution in [0.4, 0.5) is 0 Å². The van der Waals surface area contributed by atoms with E-state index in [0.29, 0.717) is 6.61 Å². The van der Waals surface area contributed by atoms with Crippen molar-refractivity contribution in [3.63, 3.8) is 0 Å². The summed E-state index contributed by atoms with van der Waals surface area (Å²) in [6.07, 6.45) is 0.992. The Morgan fingerprint density at radius 3 is 2.60 bits per heavy atom. The second-order valence-electron chi connectivity index (χ2n) is 3.42. The highest BCUT2D eigenvalue weighted by Crippen LogP contribution is 2.18. The van der Waals surface area contributed by atoms with Crippen molar-refractivity contribution in [3.05, 3.63) is 29.3 Å². The first-order valence-corrected chi connectivity index (χ1v) is 5.11. The fourth-order valence-electron chi connectivity index (χ4n) is 1.52. The van der Waals surface area contributed by atoms with Gasteiger partial charge < -0.3 is 14.8 Å². The highest BCUT2D eigenvalue weighted by Gasteiger charge is 2.03. The monoisotopic (exact) mass is 209 g/mol. The first-order chi connectivity index (χ1) is 7.31. The summed E-state index contributed by atoms with van der Waals surface area (Å²) >= 11 is 0. The van der Waals surface area contributed by atoms with Gasteiger partial charge >= 0.3 is 0 Å². The first kappa shape index (κ1) is 12.0. The number of likely N-dealkylation sites (N-methyl/N-ethyl adjacent to an activating group) is 1. The Kier molecular flexibility index (Phi) is 5.15. The molecule has 3 nitrogen and oxygen atoms in total. The third-order valence-electron chi connectivity index (χ3n) is 2.36. The average Bonchev–Trinajstić information content (AvgIpc) is 2.28. The zero-order chi connectivity index (χ0) is 11.1. The standard InChI is InChI=1S/C12H19NO2/c1-13-7-6-10-8-12(15-3)5-4-11(10)9-14-2/h4-5,8,13H,6-7,9H2,1-3H3. The lowest BCUT2D eigenvalue weighted by atomic mass is 10.0. The molecule has 0 amide bonds. The Hall–Kier alpha value is -1.06. The summed E-state index contributed by atoms with van der Waals surface area (Å²) in [4.78, 5) is 0. The van der Waals surface area contributed by atoms with Crippen molar-refractivity contribution in [2.75, 3.05) is 27.8 Å². The molecule has 0 aliphatic carbocycles. The number of ether oxygens (including phenoxy) is 2. The maximum atomic E-state index is 5.21. The van der Waals surface area contributed by atoms with Crippen LogP contribution >= 0.6 is 0 Å². The summed E-state index contributed by atoms with van der Waals surface area (Å²) in [6.45, 7) is 1.62. The van der Waals surface area contributed by atoms with Crippen LogP contribution in [0.3, 0.4) is 0 Å². The van der Waals surface area contributed by atoms with Crippen molar-refractivity contribution in [2.45, 2.75) is 13.0 Å². The van der Waals surface area contributed by atoms with Crippen molar-refractivity contribution in [3.8, 4) is 5.75 Å². The topological polar surface area (TPSA) is 30.5 Å². The summed E-state index contributed by atoms with van der Waals surface area (Å²) in [5.74, 6) is 0.904. The minimum absolute atomic E-state index is 0.656. The first-order valence-electron chi connectivity index (χ1n) is 5.11. The molecule has 0 atom stereocenters. The van der Waals surface area contributed by atoms with Gasteiger partial charge in [-0.1, -0.05) is 6.07 Å². The van der Waals surface area contributed by atoms with Gasteiger partial charge in [-0.05, 0) is 43.3 Å². The minimum Gasteiger partial charge on any atom is -0.497 e. The van der Waals surface area contributed by atoms with Crippen LogP contribution in [-0.2, 0) is 17.8 Å². The van der Waals surface area contributed by atoms with Crippen LogP contribution in [0.5, 0.6) is 5.75 Å². The molecular weight excluding hydrogens is 190 g/mol. The fraction of sp³-hybridized carbons (Fsp3) is 0.500. The van der Waals surface area contributed by atoms with Crippen LogP contribution in [0.25, 0.3) is 0 Å². The lowest BCUT2D eigenvalue weighted by molar-refractivity contribution is 0.184. The highest BCUT2D eigenvalue weighted by atomic mass is 16.5. The third kappa shape index (κ3) is 3.53. The van der Waals surface area contributed by atoms with Crippen molar-refractivity contribution in [2.24, 2.45) is 0 Å². The Bertz CT molecular complexity index is 300. The van der Waals surface area contributed by atoms with Crippen LogP contribution < -0.4 is 10.1 Å². The molecule has 0 heterocycles. The SMILES string of the molecule is CNCCc1cc(OC)ccc1COC. The van der Waals surface area contributed by atoms with Gasteiger partial charge in [0, 0.05) is 7.11 Å². The van der Waals surface area contributed by atoms with E-state index in [1.165, 1.54) is 11.1 Å². The van der Waals surface area contributed by atoms with Crippen molar-refractivity contribution >= 4 is 0 Å². The number of hydrogen-bond acceptors (Lipinski definition) is 3. The number of benzene rings is 1. The molecule has 1 N–H and O–H groups in total. The molecule has 15 heavy (non-hydrogen) atoms. The van der Waals surface area contributed by atoms with Gasteiger partial charge in [0.25, 0.3) is 0 Å². The molecule has 1 aromatic rings. The Morgan fingerprint density at radius 2 is 2.00 bits per heavy atom. The highest BCUT2D eigenvalue weighted by molar-refractivity contribution is 5.35. The lowest BCUT2D eigenvalue weighted by Gasteiger charge is -2.10. The molecule has 84 valence electrons. The zero-order valence-corrected chi connectivity index (χ0v) is 9.67. The van der Waals surface area contributed by atoms with E-state index in [-0.39, 0.29) is 0 Å². The molecule has 1 rings (SSSR count). The average molecular weight is 209 g/mol. The molecular formula is C12H19NO2. The van der Waals surface area contributed by atoms with Gasteiger partial charge in [-0.15, -0.1) is 0 Å². The molecule has 0 aromatic heterocycles. The van der Waals surface area contributed by atoms with Crippen LogP contribution in [0, 0.1) is 0 Å². The smallest absolute Gasteiger partial charge is 0.119 e. The van der Waals surface area contributed by atoms with Gasteiger partial charge in [-0.25, -0.2) is 0 Å². The van der Waals surface area contributed by atoms with E-state index in [2.05, 4.69) is 17.4 Å². The molecule has 0 spiro atoms. The van der Waals surface area contributed by atoms with E-state index in [1.807, 2.05) is 13.1 Å². The van der Waals surface area contributed by atoms with E-state index < -0.39 is 0 Å². The molecule has 0 fully saturated rings. The van der Waals surface area contributed by atoms with E-state index in [4.69, 9.17) is 9.47 Å². The van der Waals surface area contributed by atoms with Gasteiger partial charge in [-0.3, -0.25) is 0 Å². The van der Waals surface area contributed by atoms with Crippen LogP contribution in [-0.4, -0.2) is 27.8 Å². The molecule has 0 saturated carbocycles. The number of methoxy groups -OCH3 is 2. The summed E-state index contributed by atoms with van der Waals surface area (Å²) in [5, 5.41) is 3.14. The van der Waals surface area contributed by atoms with Gasteiger partial charge in [0.1, 0.15) is 5.75 Å². The molecule has 1 aromatic carbocycles. The Morgan fingerprint density at radius 1 is 1.20 bits per heavy atom. The van der Waals surface area contributed by atoms with Crippen molar-refractivity contribution < 1.29 is 9.47 Å². The molecule has 3 heteroatoms. The lowest BCUT2D eigenvalue weighted by Crippen LogP contribution is -2.11. The quantitative estimate of drug-likeness (QED) is 0.772. The predicted molar refractivity (Wildman–Crippen MR) is 61.3 cm³/mol. The van der Waals surface area contributed by atoms with Gasteiger partial charge in [0.2, 0.25) is 0 Å². The maximum absolute atomic E-state index is 5.21. The summed E-state index contributed by atoms with van der Waals surface area (Å²) in [5.41, 5.74) is 2.51. The summed E-state index contributed by atoms with van der Waals surface area (Å²) in [7, 11) is 5.36. The van der Waals surface area contributed by atoms with Gasteiger partial charge in [0.15, 0.2) is 0 Å². The third-order valence-corrected chi connectivity index (χ3v) is 2.36. The molecule has 0 aliphatic rings. The fourth-order valence-corrected chi connectivity index (χ4v) is 1.52. The largest absolute Gasteiger partial charge is 0.497 e. The van der Waals surface area contributed by atoms with Crippen molar-refractivity contribution in [1.82, 2.24) is 5.32 Å². The normalized spacial score (nSPS) is 10.3. The second-order valence-corrected chi connectivity index (χ2v) is 3.42. The Labute approximate surface area is 91.4 Å². The molecule has 0 unspecified atom stereocenters.